The van der Waals surface area contributed by atoms with Gasteiger partial charge in [-0.3, -0.25) is 0 Å². The molecule has 0 saturated heterocycles. The van der Waals surface area contributed by atoms with E-state index in [4.69, 9.17) is 9.84 Å². The number of carbonyl (C=O) groups excluding carboxylic acids is 1. The second-order valence-corrected chi connectivity index (χ2v) is 7.06. The van der Waals surface area contributed by atoms with Crippen LogP contribution >= 0.6 is 0 Å². The Morgan fingerprint density at radius 1 is 0.967 bits per heavy atom. The van der Waals surface area contributed by atoms with Crippen LogP contribution in [0.4, 0.5) is 23.7 Å². The maximum Gasteiger partial charge on any atom is 0.573 e. The maximum atomic E-state index is 12.2. The van der Waals surface area contributed by atoms with Crippen LogP contribution in [0, 0.1) is 0 Å². The summed E-state index contributed by atoms with van der Waals surface area (Å²) in [6.45, 7) is -0.00932. The molecule has 6 nitrogen and oxygen atoms in total. The van der Waals surface area contributed by atoms with E-state index in [0.29, 0.717) is 5.69 Å². The summed E-state index contributed by atoms with van der Waals surface area (Å²) < 4.78 is 46.3. The number of hydrogen-bond donors (Lipinski definition) is 3. The van der Waals surface area contributed by atoms with Crippen LogP contribution in [0.5, 0.6) is 11.5 Å². The average molecular weight is 424 g/mol. The Labute approximate surface area is 172 Å². The van der Waals surface area contributed by atoms with Crippen molar-refractivity contribution in [2.24, 2.45) is 0 Å². The Bertz CT molecular complexity index is 818. The lowest BCUT2D eigenvalue weighted by Gasteiger charge is -2.29. The summed E-state index contributed by atoms with van der Waals surface area (Å²) in [5, 5.41) is 14.5. The van der Waals surface area contributed by atoms with Gasteiger partial charge in [0.25, 0.3) is 0 Å². The summed E-state index contributed by atoms with van der Waals surface area (Å²) in [6, 6.07) is 11.8. The van der Waals surface area contributed by atoms with E-state index in [2.05, 4.69) is 15.4 Å². The summed E-state index contributed by atoms with van der Waals surface area (Å²) in [6.07, 6.45) is -1.60. The van der Waals surface area contributed by atoms with Crippen LogP contribution in [0.1, 0.15) is 31.2 Å². The molecule has 1 saturated carbocycles. The van der Waals surface area contributed by atoms with Crippen LogP contribution < -0.4 is 20.1 Å². The minimum Gasteiger partial charge on any atom is -0.490 e. The lowest BCUT2D eigenvalue weighted by atomic mass is 9.93. The SMILES string of the molecule is O=C(Nc1ccc(OC(F)(F)F)cc1)N[C@H]1CC[C@H](Oc2ccc(CO)cc2)CC1. The Morgan fingerprint density at radius 2 is 1.57 bits per heavy atom. The van der Waals surface area contributed by atoms with Crippen molar-refractivity contribution in [3.8, 4) is 11.5 Å². The number of aliphatic hydroxyl groups excluding tert-OH is 1. The molecule has 30 heavy (non-hydrogen) atoms. The molecule has 0 aliphatic heterocycles. The third kappa shape index (κ3) is 6.84. The third-order valence-electron chi connectivity index (χ3n) is 4.76. The number of urea groups is 1. The maximum absolute atomic E-state index is 12.2. The molecule has 3 N–H and O–H groups in total. The molecule has 3 rings (SSSR count). The number of carbonyl (C=O) groups is 1. The van der Waals surface area contributed by atoms with Crippen LogP contribution in [-0.4, -0.2) is 29.6 Å². The van der Waals surface area contributed by atoms with Crippen LogP contribution in [0.2, 0.25) is 0 Å². The minimum absolute atomic E-state index is 0.00514. The van der Waals surface area contributed by atoms with E-state index >= 15 is 0 Å². The van der Waals surface area contributed by atoms with Gasteiger partial charge in [-0.05, 0) is 67.6 Å². The zero-order chi connectivity index (χ0) is 21.6. The van der Waals surface area contributed by atoms with Crippen molar-refractivity contribution in [1.29, 1.82) is 0 Å². The van der Waals surface area contributed by atoms with Gasteiger partial charge in [-0.25, -0.2) is 4.79 Å². The number of rotatable bonds is 6. The molecule has 1 aliphatic carbocycles. The van der Waals surface area contributed by atoms with Crippen molar-refractivity contribution in [1.82, 2.24) is 5.32 Å². The summed E-state index contributed by atoms with van der Waals surface area (Å²) in [5.41, 5.74) is 1.19. The fourth-order valence-corrected chi connectivity index (χ4v) is 3.28. The first-order valence-electron chi connectivity index (χ1n) is 9.60. The summed E-state index contributed by atoms with van der Waals surface area (Å²) >= 11 is 0. The molecule has 9 heteroatoms. The van der Waals surface area contributed by atoms with Crippen molar-refractivity contribution >= 4 is 11.7 Å². The number of hydrogen-bond acceptors (Lipinski definition) is 4. The Balaban J connectivity index is 1.40. The van der Waals surface area contributed by atoms with Gasteiger partial charge >= 0.3 is 12.4 Å². The first-order valence-corrected chi connectivity index (χ1v) is 9.60. The molecule has 1 fully saturated rings. The molecule has 2 aromatic rings. The molecule has 0 unspecified atom stereocenters. The number of nitrogens with one attached hydrogen (secondary N) is 2. The van der Waals surface area contributed by atoms with E-state index < -0.39 is 12.4 Å². The summed E-state index contributed by atoms with van der Waals surface area (Å²) in [5.74, 6) is 0.400. The molecule has 2 amide bonds. The predicted octanol–water partition coefficient (Wildman–Crippen LogP) is 4.59. The zero-order valence-electron chi connectivity index (χ0n) is 16.1. The quantitative estimate of drug-likeness (QED) is 0.634. The number of amides is 2. The molecular weight excluding hydrogens is 401 g/mol. The van der Waals surface area contributed by atoms with E-state index in [-0.39, 0.29) is 24.5 Å². The van der Waals surface area contributed by atoms with Crippen molar-refractivity contribution < 1.29 is 32.5 Å². The molecule has 0 aromatic heterocycles. The van der Waals surface area contributed by atoms with Gasteiger partial charge in [-0.15, -0.1) is 13.2 Å². The van der Waals surface area contributed by atoms with E-state index in [1.165, 1.54) is 12.1 Å². The molecule has 0 spiro atoms. The van der Waals surface area contributed by atoms with Gasteiger partial charge in [0.15, 0.2) is 0 Å². The van der Waals surface area contributed by atoms with Gasteiger partial charge in [0.2, 0.25) is 0 Å². The van der Waals surface area contributed by atoms with Crippen molar-refractivity contribution in [3.63, 3.8) is 0 Å². The fourth-order valence-electron chi connectivity index (χ4n) is 3.28. The molecular formula is C21H23F3N2O4. The van der Waals surface area contributed by atoms with Gasteiger partial charge in [-0.1, -0.05) is 12.1 Å². The van der Waals surface area contributed by atoms with Gasteiger partial charge in [0.05, 0.1) is 12.7 Å². The molecule has 0 bridgehead atoms. The highest BCUT2D eigenvalue weighted by Crippen LogP contribution is 2.25. The normalized spacial score (nSPS) is 19.1. The zero-order valence-corrected chi connectivity index (χ0v) is 16.1. The second-order valence-electron chi connectivity index (χ2n) is 7.06. The third-order valence-corrected chi connectivity index (χ3v) is 4.76. The highest BCUT2D eigenvalue weighted by atomic mass is 19.4. The van der Waals surface area contributed by atoms with E-state index in [9.17, 15) is 18.0 Å². The van der Waals surface area contributed by atoms with Crippen molar-refractivity contribution in [3.05, 3.63) is 54.1 Å². The smallest absolute Gasteiger partial charge is 0.490 e. The van der Waals surface area contributed by atoms with E-state index in [0.717, 1.165) is 49.1 Å². The van der Waals surface area contributed by atoms with Crippen LogP contribution in [0.15, 0.2) is 48.5 Å². The minimum atomic E-state index is -4.75. The topological polar surface area (TPSA) is 79.8 Å². The lowest BCUT2D eigenvalue weighted by molar-refractivity contribution is -0.274. The summed E-state index contributed by atoms with van der Waals surface area (Å²) in [7, 11) is 0. The van der Waals surface area contributed by atoms with Gasteiger partial charge in [0.1, 0.15) is 11.5 Å². The van der Waals surface area contributed by atoms with Crippen LogP contribution in [-0.2, 0) is 6.61 Å². The Morgan fingerprint density at radius 3 is 2.13 bits per heavy atom. The number of benzene rings is 2. The van der Waals surface area contributed by atoms with E-state index in [1.54, 1.807) is 0 Å². The first kappa shape index (κ1) is 21.8. The Hall–Kier alpha value is -2.94. The van der Waals surface area contributed by atoms with Crippen molar-refractivity contribution in [2.45, 2.75) is 50.8 Å². The average Bonchev–Trinajstić information content (AvgIpc) is 2.70. The fraction of sp³-hybridized carbons (Fsp3) is 0.381. The first-order chi connectivity index (χ1) is 14.3. The molecule has 1 aliphatic rings. The Kier molecular flexibility index (Phi) is 7.04. The van der Waals surface area contributed by atoms with Gasteiger partial charge < -0.3 is 25.2 Å². The monoisotopic (exact) mass is 424 g/mol. The molecule has 0 atom stereocenters. The van der Waals surface area contributed by atoms with Crippen LogP contribution in [0.3, 0.4) is 0 Å². The molecule has 2 aromatic carbocycles. The van der Waals surface area contributed by atoms with Gasteiger partial charge in [-0.2, -0.15) is 0 Å². The number of halogens is 3. The standard InChI is InChI=1S/C21H23F3N2O4/c22-21(23,24)30-19-11-5-16(6-12-19)26-20(28)25-15-3-9-18(10-4-15)29-17-7-1-14(13-27)2-8-17/h1-2,5-8,11-12,15,18,27H,3-4,9-10,13H2,(H2,25,26,28)/t15-,18-. The number of anilines is 1. The lowest BCUT2D eigenvalue weighted by Crippen LogP contribution is -2.41. The van der Waals surface area contributed by atoms with E-state index in [1.807, 2.05) is 24.3 Å². The van der Waals surface area contributed by atoms with Crippen molar-refractivity contribution in [2.75, 3.05) is 5.32 Å². The predicted molar refractivity (Wildman–Crippen MR) is 104 cm³/mol. The summed E-state index contributed by atoms with van der Waals surface area (Å²) in [4.78, 5) is 12.1. The largest absolute Gasteiger partial charge is 0.573 e. The molecule has 162 valence electrons. The highest BCUT2D eigenvalue weighted by Gasteiger charge is 2.31. The molecule has 0 radical (unpaired) electrons. The van der Waals surface area contributed by atoms with Gasteiger partial charge in [0, 0.05) is 11.7 Å². The number of ether oxygens (including phenoxy) is 2. The second kappa shape index (κ2) is 9.71. The molecule has 0 heterocycles. The highest BCUT2D eigenvalue weighted by molar-refractivity contribution is 5.89. The number of alkyl halides is 3. The number of aliphatic hydroxyl groups is 1. The van der Waals surface area contributed by atoms with Crippen LogP contribution in [0.25, 0.3) is 0 Å².